The molecule has 2 amide bonds. The maximum Gasteiger partial charge on any atom is 0.338 e. The number of esters is 1. The minimum atomic E-state index is -0.621. The van der Waals surface area contributed by atoms with Crippen molar-refractivity contribution in [1.82, 2.24) is 0 Å². The Morgan fingerprint density at radius 2 is 1.56 bits per heavy atom. The number of ether oxygens (including phenoxy) is 1. The second kappa shape index (κ2) is 7.69. The Bertz CT molecular complexity index is 1110. The number of rotatable bonds is 5. The standard InChI is InChI=1S/C26H25NO5/c1-14-3-4-15(2)20(11-14)21(28)13-32-26(31)16-7-9-19(10-8-16)27-24(29)22-17-5-6-18(12-17)23(22)25(27)30/h3-4,7-11,17-18,22-23H,5-6,12-13H2,1-2H3/t17-,18+,22-,23-/m0/s1. The van der Waals surface area contributed by atoms with E-state index in [0.717, 1.165) is 30.4 Å². The van der Waals surface area contributed by atoms with E-state index in [2.05, 4.69) is 0 Å². The van der Waals surface area contributed by atoms with Gasteiger partial charge in [0, 0.05) is 5.56 Å². The Kier molecular flexibility index (Phi) is 4.96. The highest BCUT2D eigenvalue weighted by Gasteiger charge is 2.61. The van der Waals surface area contributed by atoms with E-state index >= 15 is 0 Å². The van der Waals surface area contributed by atoms with Gasteiger partial charge in [-0.25, -0.2) is 4.79 Å². The molecule has 2 aromatic carbocycles. The monoisotopic (exact) mass is 431 g/mol. The maximum atomic E-state index is 12.9. The number of carbonyl (C=O) groups is 4. The van der Waals surface area contributed by atoms with Crippen LogP contribution in [-0.4, -0.2) is 30.2 Å². The van der Waals surface area contributed by atoms with Crippen LogP contribution in [0, 0.1) is 37.5 Å². The highest BCUT2D eigenvalue weighted by Crippen LogP contribution is 2.56. The van der Waals surface area contributed by atoms with Crippen LogP contribution in [0.5, 0.6) is 0 Å². The molecule has 1 heterocycles. The van der Waals surface area contributed by atoms with Crippen LogP contribution < -0.4 is 4.90 Å². The van der Waals surface area contributed by atoms with Crippen molar-refractivity contribution in [1.29, 1.82) is 0 Å². The predicted octanol–water partition coefficient (Wildman–Crippen LogP) is 3.88. The van der Waals surface area contributed by atoms with Crippen molar-refractivity contribution in [2.45, 2.75) is 33.1 Å². The third-order valence-electron chi connectivity index (χ3n) is 7.32. The molecule has 2 bridgehead atoms. The number of ketones is 1. The van der Waals surface area contributed by atoms with Gasteiger partial charge in [0.05, 0.1) is 23.1 Å². The van der Waals surface area contributed by atoms with E-state index in [1.807, 2.05) is 26.0 Å². The highest BCUT2D eigenvalue weighted by molar-refractivity contribution is 6.22. The summed E-state index contributed by atoms with van der Waals surface area (Å²) in [4.78, 5) is 52.1. The first-order valence-electron chi connectivity index (χ1n) is 11.1. The minimum absolute atomic E-state index is 0.110. The quantitative estimate of drug-likeness (QED) is 0.408. The molecule has 5 rings (SSSR count). The SMILES string of the molecule is Cc1ccc(C)c(C(=O)COC(=O)c2ccc(N3C(=O)[C@H]4[C@@H]5CC[C@@H](C5)[C@@H]4C3=O)cc2)c1. The van der Waals surface area contributed by atoms with E-state index in [9.17, 15) is 19.2 Å². The molecular weight excluding hydrogens is 406 g/mol. The highest BCUT2D eigenvalue weighted by atomic mass is 16.5. The normalized spacial score (nSPS) is 25.9. The molecule has 0 aromatic heterocycles. The van der Waals surface area contributed by atoms with Crippen molar-refractivity contribution in [3.05, 3.63) is 64.7 Å². The van der Waals surface area contributed by atoms with Crippen molar-refractivity contribution in [3.8, 4) is 0 Å². The van der Waals surface area contributed by atoms with Crippen molar-refractivity contribution < 1.29 is 23.9 Å². The fourth-order valence-electron chi connectivity index (χ4n) is 5.74. The molecule has 4 atom stereocenters. The fraction of sp³-hybridized carbons (Fsp3) is 0.385. The lowest BCUT2D eigenvalue weighted by Gasteiger charge is -2.19. The van der Waals surface area contributed by atoms with Crippen molar-refractivity contribution >= 4 is 29.3 Å². The number of imide groups is 1. The van der Waals surface area contributed by atoms with E-state index in [0.29, 0.717) is 23.1 Å². The number of carbonyl (C=O) groups excluding carboxylic acids is 4. The Labute approximate surface area is 186 Å². The third-order valence-corrected chi connectivity index (χ3v) is 7.32. The zero-order valence-corrected chi connectivity index (χ0v) is 18.2. The van der Waals surface area contributed by atoms with Crippen LogP contribution in [0.4, 0.5) is 5.69 Å². The van der Waals surface area contributed by atoms with Gasteiger partial charge in [0.25, 0.3) is 0 Å². The molecule has 0 N–H and O–H groups in total. The minimum Gasteiger partial charge on any atom is -0.454 e. The molecule has 32 heavy (non-hydrogen) atoms. The molecule has 6 heteroatoms. The second-order valence-electron chi connectivity index (χ2n) is 9.26. The van der Waals surface area contributed by atoms with Crippen LogP contribution >= 0.6 is 0 Å². The summed E-state index contributed by atoms with van der Waals surface area (Å²) in [5.41, 5.74) is 3.08. The predicted molar refractivity (Wildman–Crippen MR) is 117 cm³/mol. The summed E-state index contributed by atoms with van der Waals surface area (Å²) in [6.45, 7) is 3.39. The maximum absolute atomic E-state index is 12.9. The largest absolute Gasteiger partial charge is 0.454 e. The molecule has 0 spiro atoms. The topological polar surface area (TPSA) is 80.8 Å². The van der Waals surface area contributed by atoms with Crippen LogP contribution in [0.3, 0.4) is 0 Å². The first-order chi connectivity index (χ1) is 15.3. The average molecular weight is 431 g/mol. The number of fused-ring (bicyclic) bond motifs is 5. The molecule has 2 aliphatic carbocycles. The number of amides is 2. The van der Waals surface area contributed by atoms with E-state index < -0.39 is 5.97 Å². The number of aryl methyl sites for hydroxylation is 2. The van der Waals surface area contributed by atoms with E-state index in [-0.39, 0.29) is 41.6 Å². The van der Waals surface area contributed by atoms with Gasteiger partial charge in [-0.05, 0) is 80.8 Å². The van der Waals surface area contributed by atoms with Crippen molar-refractivity contribution in [3.63, 3.8) is 0 Å². The molecule has 0 radical (unpaired) electrons. The van der Waals surface area contributed by atoms with Gasteiger partial charge in [0.2, 0.25) is 17.6 Å². The van der Waals surface area contributed by atoms with Gasteiger partial charge in [-0.1, -0.05) is 17.7 Å². The fourth-order valence-corrected chi connectivity index (χ4v) is 5.74. The number of nitrogens with zero attached hydrogens (tertiary/aromatic N) is 1. The van der Waals surface area contributed by atoms with Crippen LogP contribution in [0.2, 0.25) is 0 Å². The summed E-state index contributed by atoms with van der Waals surface area (Å²) in [6, 6.07) is 11.8. The van der Waals surface area contributed by atoms with E-state index in [1.165, 1.54) is 17.0 Å². The molecule has 3 fully saturated rings. The molecule has 0 unspecified atom stereocenters. The van der Waals surface area contributed by atoms with Gasteiger partial charge in [0.15, 0.2) is 6.61 Å². The number of benzene rings is 2. The van der Waals surface area contributed by atoms with Gasteiger partial charge in [0.1, 0.15) is 0 Å². The van der Waals surface area contributed by atoms with Crippen molar-refractivity contribution in [2.24, 2.45) is 23.7 Å². The molecule has 1 aliphatic heterocycles. The van der Waals surface area contributed by atoms with Gasteiger partial charge in [-0.2, -0.15) is 0 Å². The first kappa shape index (κ1) is 20.6. The lowest BCUT2D eigenvalue weighted by Crippen LogP contribution is -2.32. The van der Waals surface area contributed by atoms with Gasteiger partial charge >= 0.3 is 5.97 Å². The summed E-state index contributed by atoms with van der Waals surface area (Å²) in [6.07, 6.45) is 3.06. The number of hydrogen-bond acceptors (Lipinski definition) is 5. The molecule has 2 saturated carbocycles. The Hall–Kier alpha value is -3.28. The summed E-state index contributed by atoms with van der Waals surface area (Å²) in [7, 11) is 0. The van der Waals surface area contributed by atoms with Gasteiger partial charge in [-0.15, -0.1) is 0 Å². The molecule has 6 nitrogen and oxygen atoms in total. The molecule has 1 saturated heterocycles. The summed E-state index contributed by atoms with van der Waals surface area (Å²) in [5.74, 6) is -0.799. The Morgan fingerprint density at radius 3 is 2.19 bits per heavy atom. The summed E-state index contributed by atoms with van der Waals surface area (Å²) in [5, 5.41) is 0. The van der Waals surface area contributed by atoms with Crippen LogP contribution in [-0.2, 0) is 14.3 Å². The van der Waals surface area contributed by atoms with Crippen LogP contribution in [0.1, 0.15) is 51.1 Å². The molecule has 2 aromatic rings. The molecular formula is C26H25NO5. The number of Topliss-reactive ketones (excluding diaryl/α,β-unsaturated/α-hetero) is 1. The van der Waals surface area contributed by atoms with E-state index in [4.69, 9.17) is 4.74 Å². The third kappa shape index (κ3) is 3.25. The lowest BCUT2D eigenvalue weighted by atomic mass is 9.81. The van der Waals surface area contributed by atoms with Crippen molar-refractivity contribution in [2.75, 3.05) is 11.5 Å². The summed E-state index contributed by atoms with van der Waals surface area (Å²) < 4.78 is 5.21. The Morgan fingerprint density at radius 1 is 0.938 bits per heavy atom. The summed E-state index contributed by atoms with van der Waals surface area (Å²) >= 11 is 0. The smallest absolute Gasteiger partial charge is 0.338 e. The van der Waals surface area contributed by atoms with Gasteiger partial charge in [-0.3, -0.25) is 19.3 Å². The van der Waals surface area contributed by atoms with Crippen LogP contribution in [0.15, 0.2) is 42.5 Å². The molecule has 3 aliphatic rings. The lowest BCUT2D eigenvalue weighted by molar-refractivity contribution is -0.123. The van der Waals surface area contributed by atoms with E-state index in [1.54, 1.807) is 18.2 Å². The second-order valence-corrected chi connectivity index (χ2v) is 9.26. The van der Waals surface area contributed by atoms with Crippen LogP contribution in [0.25, 0.3) is 0 Å². The zero-order chi connectivity index (χ0) is 22.6. The zero-order valence-electron chi connectivity index (χ0n) is 18.2. The first-order valence-corrected chi connectivity index (χ1v) is 11.1. The average Bonchev–Trinajstić information content (AvgIpc) is 3.47. The molecule has 164 valence electrons. The number of anilines is 1. The number of hydrogen-bond donors (Lipinski definition) is 0. The Balaban J connectivity index is 1.25. The van der Waals surface area contributed by atoms with Gasteiger partial charge < -0.3 is 4.74 Å².